The number of aromatic nitrogens is 2. The first-order valence-electron chi connectivity index (χ1n) is 10.6. The highest BCUT2D eigenvalue weighted by Gasteiger charge is 2.32. The largest absolute Gasteiger partial charge is 0.487 e. The van der Waals surface area contributed by atoms with Gasteiger partial charge in [-0.25, -0.2) is 9.18 Å². The summed E-state index contributed by atoms with van der Waals surface area (Å²) in [7, 11) is 0. The van der Waals surface area contributed by atoms with Crippen LogP contribution in [0.5, 0.6) is 5.75 Å². The number of nitrogens with zero attached hydrogens (tertiary/aromatic N) is 3. The molecule has 8 heteroatoms. The molecule has 0 spiro atoms. The molecule has 1 aliphatic rings. The Labute approximate surface area is 189 Å². The fourth-order valence-corrected chi connectivity index (χ4v) is 3.48. The van der Waals surface area contributed by atoms with Crippen molar-refractivity contribution in [2.24, 2.45) is 0 Å². The second-order valence-electron chi connectivity index (χ2n) is 7.74. The number of nitrogens with one attached hydrogen (secondary N) is 1. The number of carbonyl (C=O) groups excluding carboxylic acids is 1. The molecule has 0 bridgehead atoms. The topological polar surface area (TPSA) is 80.5 Å². The van der Waals surface area contributed by atoms with Crippen LogP contribution < -0.4 is 10.1 Å². The smallest absolute Gasteiger partial charge is 0.317 e. The third kappa shape index (κ3) is 4.85. The lowest BCUT2D eigenvalue weighted by molar-refractivity contribution is 0.0443. The normalized spacial score (nSPS) is 13.4. The minimum absolute atomic E-state index is 0.0690. The molecule has 0 radical (unpaired) electrons. The van der Waals surface area contributed by atoms with E-state index in [4.69, 9.17) is 9.26 Å². The molecular weight excluding hydrogens is 423 g/mol. The van der Waals surface area contributed by atoms with Gasteiger partial charge in [0.2, 0.25) is 5.82 Å². The van der Waals surface area contributed by atoms with E-state index in [1.54, 1.807) is 17.0 Å². The molecule has 5 rings (SSSR count). The van der Waals surface area contributed by atoms with E-state index in [9.17, 15) is 9.18 Å². The third-order valence-electron chi connectivity index (χ3n) is 5.35. The van der Waals surface area contributed by atoms with E-state index >= 15 is 0 Å². The van der Waals surface area contributed by atoms with E-state index in [1.165, 1.54) is 12.1 Å². The van der Waals surface area contributed by atoms with Crippen molar-refractivity contribution >= 4 is 6.03 Å². The zero-order chi connectivity index (χ0) is 22.6. The summed E-state index contributed by atoms with van der Waals surface area (Å²) in [5.74, 6) is 1.39. The molecule has 1 aliphatic heterocycles. The summed E-state index contributed by atoms with van der Waals surface area (Å²) < 4.78 is 24.3. The van der Waals surface area contributed by atoms with E-state index in [2.05, 4.69) is 15.5 Å². The van der Waals surface area contributed by atoms with Crippen LogP contribution in [0.25, 0.3) is 22.8 Å². The van der Waals surface area contributed by atoms with Crippen molar-refractivity contribution in [3.05, 3.63) is 90.2 Å². The van der Waals surface area contributed by atoms with Crippen molar-refractivity contribution in [3.8, 4) is 28.6 Å². The first kappa shape index (κ1) is 20.7. The highest BCUT2D eigenvalue weighted by Crippen LogP contribution is 2.25. The lowest BCUT2D eigenvalue weighted by atomic mass is 10.1. The van der Waals surface area contributed by atoms with Gasteiger partial charge in [0, 0.05) is 17.7 Å². The Bertz CT molecular complexity index is 1220. The summed E-state index contributed by atoms with van der Waals surface area (Å²) in [5.41, 5.74) is 2.53. The molecule has 1 aromatic heterocycles. The van der Waals surface area contributed by atoms with Gasteiger partial charge in [-0.3, -0.25) is 0 Å². The second-order valence-corrected chi connectivity index (χ2v) is 7.74. The average molecular weight is 444 g/mol. The summed E-state index contributed by atoms with van der Waals surface area (Å²) in [5, 5.41) is 6.87. The quantitative estimate of drug-likeness (QED) is 0.473. The van der Waals surface area contributed by atoms with Crippen molar-refractivity contribution < 1.29 is 18.4 Å². The number of benzene rings is 3. The first-order valence-corrected chi connectivity index (χ1v) is 10.6. The first-order chi connectivity index (χ1) is 16.1. The summed E-state index contributed by atoms with van der Waals surface area (Å²) in [6.45, 7) is 1.35. The lowest BCUT2D eigenvalue weighted by Crippen LogP contribution is -2.58. The van der Waals surface area contributed by atoms with E-state index in [1.807, 2.05) is 54.6 Å². The van der Waals surface area contributed by atoms with Gasteiger partial charge < -0.3 is 19.5 Å². The highest BCUT2D eigenvalue weighted by molar-refractivity contribution is 5.75. The molecule has 4 aromatic rings. The zero-order valence-electron chi connectivity index (χ0n) is 17.6. The minimum Gasteiger partial charge on any atom is -0.487 e. The lowest BCUT2D eigenvalue weighted by Gasteiger charge is -2.38. The van der Waals surface area contributed by atoms with Crippen molar-refractivity contribution in [2.75, 3.05) is 13.1 Å². The maximum Gasteiger partial charge on any atom is 0.317 e. The number of likely N-dealkylation sites (tertiary alicyclic amines) is 1. The second kappa shape index (κ2) is 9.12. The molecule has 3 aromatic carbocycles. The summed E-state index contributed by atoms with van der Waals surface area (Å²) in [6.07, 6.45) is -0.0690. The van der Waals surface area contributed by atoms with Gasteiger partial charge in [0.25, 0.3) is 5.89 Å². The molecule has 0 unspecified atom stereocenters. The number of rotatable bonds is 6. The van der Waals surface area contributed by atoms with E-state index in [0.717, 1.165) is 16.7 Å². The standard InChI is InChI=1S/C25H21FN4O3/c26-20-10-6-17(7-11-20)14-27-25(31)30-15-22(16-30)32-21-12-8-19(9-13-21)24-28-23(29-33-24)18-4-2-1-3-5-18/h1-13,22H,14-16H2,(H,27,31). The van der Waals surface area contributed by atoms with Crippen LogP contribution >= 0.6 is 0 Å². The van der Waals surface area contributed by atoms with E-state index < -0.39 is 0 Å². The molecule has 2 heterocycles. The number of hydrogen-bond donors (Lipinski definition) is 1. The Kier molecular flexibility index (Phi) is 5.72. The predicted molar refractivity (Wildman–Crippen MR) is 120 cm³/mol. The maximum atomic E-state index is 13.0. The average Bonchev–Trinajstić information content (AvgIpc) is 3.32. The van der Waals surface area contributed by atoms with Crippen LogP contribution in [0.4, 0.5) is 9.18 Å². The van der Waals surface area contributed by atoms with E-state index in [-0.39, 0.29) is 18.0 Å². The van der Waals surface area contributed by atoms with Crippen LogP contribution in [0.15, 0.2) is 83.4 Å². The molecule has 2 amide bonds. The van der Waals surface area contributed by atoms with Gasteiger partial charge in [0.1, 0.15) is 17.7 Å². The van der Waals surface area contributed by atoms with Crippen LogP contribution in [0.3, 0.4) is 0 Å². The van der Waals surface area contributed by atoms with Crippen LogP contribution in [0, 0.1) is 5.82 Å². The summed E-state index contributed by atoms with van der Waals surface area (Å²) in [6, 6.07) is 22.9. The zero-order valence-corrected chi connectivity index (χ0v) is 17.6. The molecule has 0 aliphatic carbocycles. The Morgan fingerprint density at radius 1 is 1.00 bits per heavy atom. The summed E-state index contributed by atoms with van der Waals surface area (Å²) >= 11 is 0. The fourth-order valence-electron chi connectivity index (χ4n) is 3.48. The van der Waals surface area contributed by atoms with Crippen molar-refractivity contribution in [3.63, 3.8) is 0 Å². The molecule has 166 valence electrons. The molecule has 0 saturated carbocycles. The van der Waals surface area contributed by atoms with Crippen molar-refractivity contribution in [2.45, 2.75) is 12.6 Å². The Morgan fingerprint density at radius 3 is 2.45 bits per heavy atom. The number of amides is 2. The number of halogens is 1. The van der Waals surface area contributed by atoms with Crippen LogP contribution in [-0.2, 0) is 6.54 Å². The monoisotopic (exact) mass is 444 g/mol. The van der Waals surface area contributed by atoms with Crippen LogP contribution in [0.1, 0.15) is 5.56 Å². The van der Waals surface area contributed by atoms with Crippen molar-refractivity contribution in [1.82, 2.24) is 20.4 Å². The van der Waals surface area contributed by atoms with Gasteiger partial charge in [0.05, 0.1) is 13.1 Å². The van der Waals surface area contributed by atoms with Crippen molar-refractivity contribution in [1.29, 1.82) is 0 Å². The van der Waals surface area contributed by atoms with Gasteiger partial charge in [-0.05, 0) is 42.0 Å². The van der Waals surface area contributed by atoms with Crippen LogP contribution in [-0.4, -0.2) is 40.3 Å². The number of ether oxygens (including phenoxy) is 1. The van der Waals surface area contributed by atoms with Gasteiger partial charge in [-0.2, -0.15) is 4.98 Å². The van der Waals surface area contributed by atoms with Gasteiger partial charge in [-0.1, -0.05) is 47.6 Å². The SMILES string of the molecule is O=C(NCc1ccc(F)cc1)N1CC(Oc2ccc(-c3nc(-c4ccccc4)no3)cc2)C1. The van der Waals surface area contributed by atoms with Gasteiger partial charge in [-0.15, -0.1) is 0 Å². The number of hydrogen-bond acceptors (Lipinski definition) is 5. The van der Waals surface area contributed by atoms with Crippen LogP contribution in [0.2, 0.25) is 0 Å². The fraction of sp³-hybridized carbons (Fsp3) is 0.160. The highest BCUT2D eigenvalue weighted by atomic mass is 19.1. The Hall–Kier alpha value is -4.20. The molecule has 1 saturated heterocycles. The maximum absolute atomic E-state index is 13.0. The molecular formula is C25H21FN4O3. The molecule has 1 N–H and O–H groups in total. The predicted octanol–water partition coefficient (Wildman–Crippen LogP) is 4.52. The Balaban J connectivity index is 1.10. The number of carbonyl (C=O) groups is 1. The van der Waals surface area contributed by atoms with Gasteiger partial charge in [0.15, 0.2) is 0 Å². The number of urea groups is 1. The Morgan fingerprint density at radius 2 is 1.73 bits per heavy atom. The molecule has 1 fully saturated rings. The molecule has 7 nitrogen and oxygen atoms in total. The summed E-state index contributed by atoms with van der Waals surface area (Å²) in [4.78, 5) is 18.4. The third-order valence-corrected chi connectivity index (χ3v) is 5.35. The van der Waals surface area contributed by atoms with E-state index in [0.29, 0.717) is 37.1 Å². The molecule has 0 atom stereocenters. The molecule has 33 heavy (non-hydrogen) atoms. The minimum atomic E-state index is -0.296. The van der Waals surface area contributed by atoms with Gasteiger partial charge >= 0.3 is 6.03 Å².